The van der Waals surface area contributed by atoms with Crippen molar-refractivity contribution in [1.82, 2.24) is 5.32 Å². The molecule has 0 amide bonds. The summed E-state index contributed by atoms with van der Waals surface area (Å²) in [5.74, 6) is 1.03. The maximum absolute atomic E-state index is 5.85. The maximum atomic E-state index is 5.85. The largest absolute Gasteiger partial charge is 0.459 e. The lowest BCUT2D eigenvalue weighted by atomic mass is 10.2. The van der Waals surface area contributed by atoms with Crippen LogP contribution < -0.4 is 5.32 Å². The van der Waals surface area contributed by atoms with Crippen LogP contribution in [0.4, 0.5) is 0 Å². The summed E-state index contributed by atoms with van der Waals surface area (Å²) < 4.78 is 6.96. The predicted octanol–water partition coefficient (Wildman–Crippen LogP) is 3.76. The first-order valence-corrected chi connectivity index (χ1v) is 6.43. The Morgan fingerprint density at radius 3 is 2.94 bits per heavy atom. The minimum Gasteiger partial charge on any atom is -0.459 e. The molecule has 0 atom stereocenters. The van der Waals surface area contributed by atoms with Gasteiger partial charge in [-0.2, -0.15) is 0 Å². The third kappa shape index (κ3) is 2.02. The number of hydrogen-bond donors (Lipinski definition) is 1. The van der Waals surface area contributed by atoms with Gasteiger partial charge in [0.25, 0.3) is 0 Å². The Morgan fingerprint density at radius 1 is 1.38 bits per heavy atom. The molecule has 0 saturated heterocycles. The summed E-state index contributed by atoms with van der Waals surface area (Å²) in [5, 5.41) is 4.64. The summed E-state index contributed by atoms with van der Waals surface area (Å²) in [6, 6.07) is 7.04. The van der Waals surface area contributed by atoms with Crippen LogP contribution in [0.15, 0.2) is 27.1 Å². The van der Waals surface area contributed by atoms with Gasteiger partial charge in [0.05, 0.1) is 6.54 Å². The van der Waals surface area contributed by atoms with Crippen LogP contribution in [0.1, 0.15) is 24.2 Å². The molecular weight excluding hydrogens is 266 g/mol. The Kier molecular flexibility index (Phi) is 2.52. The van der Waals surface area contributed by atoms with E-state index in [4.69, 9.17) is 4.42 Å². The third-order valence-corrected chi connectivity index (χ3v) is 3.42. The highest BCUT2D eigenvalue weighted by molar-refractivity contribution is 9.10. The van der Waals surface area contributed by atoms with E-state index in [-0.39, 0.29) is 0 Å². The van der Waals surface area contributed by atoms with Crippen molar-refractivity contribution in [3.05, 3.63) is 34.0 Å². The molecule has 3 heteroatoms. The lowest BCUT2D eigenvalue weighted by Gasteiger charge is -1.97. The van der Waals surface area contributed by atoms with Crippen LogP contribution in [0.2, 0.25) is 0 Å². The van der Waals surface area contributed by atoms with Crippen molar-refractivity contribution in [2.45, 2.75) is 32.4 Å². The number of nitrogens with one attached hydrogen (secondary N) is 1. The van der Waals surface area contributed by atoms with E-state index in [0.29, 0.717) is 0 Å². The van der Waals surface area contributed by atoms with Gasteiger partial charge >= 0.3 is 0 Å². The van der Waals surface area contributed by atoms with Crippen molar-refractivity contribution >= 4 is 26.9 Å². The molecule has 0 spiro atoms. The van der Waals surface area contributed by atoms with Gasteiger partial charge < -0.3 is 9.73 Å². The van der Waals surface area contributed by atoms with Gasteiger partial charge in [-0.05, 0) is 43.5 Å². The Hall–Kier alpha value is -0.800. The Balaban J connectivity index is 1.91. The van der Waals surface area contributed by atoms with Gasteiger partial charge in [0.1, 0.15) is 11.3 Å². The molecule has 3 rings (SSSR count). The van der Waals surface area contributed by atoms with E-state index in [1.54, 1.807) is 0 Å². The summed E-state index contributed by atoms with van der Waals surface area (Å²) in [6.45, 7) is 2.92. The second-order valence-electron chi connectivity index (χ2n) is 4.51. The molecule has 1 fully saturated rings. The number of furan rings is 1. The molecule has 0 unspecified atom stereocenters. The van der Waals surface area contributed by atoms with Gasteiger partial charge in [-0.25, -0.2) is 0 Å². The van der Waals surface area contributed by atoms with Gasteiger partial charge in [-0.1, -0.05) is 15.9 Å². The molecule has 1 heterocycles. The van der Waals surface area contributed by atoms with E-state index in [0.717, 1.165) is 28.4 Å². The number of hydrogen-bond acceptors (Lipinski definition) is 2. The predicted molar refractivity (Wildman–Crippen MR) is 68.5 cm³/mol. The molecule has 2 nitrogen and oxygen atoms in total. The average molecular weight is 280 g/mol. The molecule has 16 heavy (non-hydrogen) atoms. The van der Waals surface area contributed by atoms with Crippen LogP contribution in [-0.2, 0) is 6.54 Å². The molecule has 84 valence electrons. The van der Waals surface area contributed by atoms with E-state index in [1.165, 1.54) is 23.8 Å². The number of halogens is 1. The second-order valence-corrected chi connectivity index (χ2v) is 5.42. The summed E-state index contributed by atoms with van der Waals surface area (Å²) in [6.07, 6.45) is 2.62. The molecule has 1 aromatic heterocycles. The number of benzene rings is 1. The van der Waals surface area contributed by atoms with Crippen molar-refractivity contribution in [3.63, 3.8) is 0 Å². The van der Waals surface area contributed by atoms with Gasteiger partial charge in [-0.3, -0.25) is 0 Å². The van der Waals surface area contributed by atoms with Crippen molar-refractivity contribution in [2.24, 2.45) is 0 Å². The van der Waals surface area contributed by atoms with Gasteiger partial charge in [0.2, 0.25) is 0 Å². The quantitative estimate of drug-likeness (QED) is 0.926. The topological polar surface area (TPSA) is 25.2 Å². The molecule has 0 bridgehead atoms. The fraction of sp³-hybridized carbons (Fsp3) is 0.385. The van der Waals surface area contributed by atoms with Crippen LogP contribution in [-0.4, -0.2) is 6.04 Å². The summed E-state index contributed by atoms with van der Waals surface area (Å²) >= 11 is 3.51. The van der Waals surface area contributed by atoms with Crippen LogP contribution in [0.3, 0.4) is 0 Å². The van der Waals surface area contributed by atoms with Gasteiger partial charge in [0, 0.05) is 15.9 Å². The molecule has 1 aliphatic rings. The molecule has 0 radical (unpaired) electrons. The first-order chi connectivity index (χ1) is 7.72. The van der Waals surface area contributed by atoms with Crippen molar-refractivity contribution in [2.75, 3.05) is 0 Å². The normalized spacial score (nSPS) is 15.9. The molecule has 0 aliphatic heterocycles. The van der Waals surface area contributed by atoms with E-state index >= 15 is 0 Å². The zero-order valence-corrected chi connectivity index (χ0v) is 10.8. The highest BCUT2D eigenvalue weighted by atomic mass is 79.9. The summed E-state index contributed by atoms with van der Waals surface area (Å²) in [4.78, 5) is 0. The fourth-order valence-electron chi connectivity index (χ4n) is 1.96. The second kappa shape index (κ2) is 3.90. The first-order valence-electron chi connectivity index (χ1n) is 5.64. The van der Waals surface area contributed by atoms with Crippen molar-refractivity contribution < 1.29 is 4.42 Å². The first kappa shape index (κ1) is 10.4. The fourth-order valence-corrected chi connectivity index (χ4v) is 2.55. The van der Waals surface area contributed by atoms with E-state index in [9.17, 15) is 0 Å². The van der Waals surface area contributed by atoms with Crippen molar-refractivity contribution in [1.29, 1.82) is 0 Å². The zero-order chi connectivity index (χ0) is 11.1. The van der Waals surface area contributed by atoms with Gasteiger partial charge in [-0.15, -0.1) is 0 Å². The van der Waals surface area contributed by atoms with E-state index in [2.05, 4.69) is 46.4 Å². The van der Waals surface area contributed by atoms with E-state index < -0.39 is 0 Å². The molecule has 1 aromatic carbocycles. The molecular formula is C13H14BrNO. The monoisotopic (exact) mass is 279 g/mol. The summed E-state index contributed by atoms with van der Waals surface area (Å²) in [5.41, 5.74) is 2.19. The Labute approximate surface area is 103 Å². The van der Waals surface area contributed by atoms with Crippen LogP contribution in [0.25, 0.3) is 11.0 Å². The minimum absolute atomic E-state index is 0.723. The van der Waals surface area contributed by atoms with Crippen LogP contribution >= 0.6 is 15.9 Å². The Morgan fingerprint density at radius 2 is 2.19 bits per heavy atom. The molecule has 1 N–H and O–H groups in total. The molecule has 1 saturated carbocycles. The zero-order valence-electron chi connectivity index (χ0n) is 9.22. The van der Waals surface area contributed by atoms with Crippen LogP contribution in [0.5, 0.6) is 0 Å². The standard InChI is InChI=1S/C13H14BrNO/c1-8-4-10(14)5-9-6-12(16-13(8)9)7-15-11-2-3-11/h4-6,11,15H,2-3,7H2,1H3. The number of fused-ring (bicyclic) bond motifs is 1. The molecule has 1 aliphatic carbocycles. The third-order valence-electron chi connectivity index (χ3n) is 2.96. The minimum atomic E-state index is 0.723. The Bertz CT molecular complexity index is 528. The average Bonchev–Trinajstić information content (AvgIpc) is 2.96. The number of aryl methyl sites for hydroxylation is 1. The highest BCUT2D eigenvalue weighted by Gasteiger charge is 2.20. The molecule has 2 aromatic rings. The lowest BCUT2D eigenvalue weighted by molar-refractivity contribution is 0.511. The summed E-state index contributed by atoms with van der Waals surface area (Å²) in [7, 11) is 0. The smallest absolute Gasteiger partial charge is 0.137 e. The maximum Gasteiger partial charge on any atom is 0.137 e. The SMILES string of the molecule is Cc1cc(Br)cc2cc(CNC3CC3)oc12. The van der Waals surface area contributed by atoms with E-state index in [1.807, 2.05) is 0 Å². The van der Waals surface area contributed by atoms with Crippen molar-refractivity contribution in [3.8, 4) is 0 Å². The highest BCUT2D eigenvalue weighted by Crippen LogP contribution is 2.27. The van der Waals surface area contributed by atoms with Gasteiger partial charge in [0.15, 0.2) is 0 Å². The lowest BCUT2D eigenvalue weighted by Crippen LogP contribution is -2.14. The number of rotatable bonds is 3. The van der Waals surface area contributed by atoms with Crippen LogP contribution in [0, 0.1) is 6.92 Å².